The quantitative estimate of drug-likeness (QED) is 0.546. The number of nitrogens with two attached hydrogens (primary N) is 1. The van der Waals surface area contributed by atoms with Gasteiger partial charge in [-0.25, -0.2) is 9.37 Å². The number of rotatable bonds is 5. The highest BCUT2D eigenvalue weighted by molar-refractivity contribution is 7.14. The molecule has 5 nitrogen and oxygen atoms in total. The Morgan fingerprint density at radius 1 is 1.17 bits per heavy atom. The summed E-state index contributed by atoms with van der Waals surface area (Å²) in [5, 5.41) is 6.45. The topological polar surface area (TPSA) is 72.5 Å². The minimum absolute atomic E-state index is 0.306. The van der Waals surface area contributed by atoms with Crippen molar-refractivity contribution in [1.82, 2.24) is 4.98 Å². The Hall–Kier alpha value is -2.93. The number of para-hydroxylation sites is 1. The molecule has 3 aromatic rings. The second kappa shape index (κ2) is 6.89. The van der Waals surface area contributed by atoms with Crippen LogP contribution in [0.2, 0.25) is 0 Å². The largest absolute Gasteiger partial charge is 0.457 e. The van der Waals surface area contributed by atoms with Crippen LogP contribution in [0.3, 0.4) is 0 Å². The van der Waals surface area contributed by atoms with Crippen LogP contribution in [-0.4, -0.2) is 11.2 Å². The van der Waals surface area contributed by atoms with Crippen molar-refractivity contribution >= 4 is 28.5 Å². The number of anilines is 2. The van der Waals surface area contributed by atoms with Crippen LogP contribution < -0.4 is 15.9 Å². The summed E-state index contributed by atoms with van der Waals surface area (Å²) < 4.78 is 18.7. The van der Waals surface area contributed by atoms with Crippen LogP contribution in [0.25, 0.3) is 0 Å². The van der Waals surface area contributed by atoms with E-state index in [9.17, 15) is 4.39 Å². The lowest BCUT2D eigenvalue weighted by atomic mass is 10.2. The molecule has 116 valence electrons. The summed E-state index contributed by atoms with van der Waals surface area (Å²) in [6.45, 7) is 0. The van der Waals surface area contributed by atoms with Gasteiger partial charge in [-0.3, -0.25) is 5.43 Å². The number of ether oxygens (including phenoxy) is 1. The van der Waals surface area contributed by atoms with Crippen molar-refractivity contribution in [3.05, 3.63) is 65.3 Å². The van der Waals surface area contributed by atoms with Crippen LogP contribution in [0.4, 0.5) is 15.3 Å². The van der Waals surface area contributed by atoms with Gasteiger partial charge in [0, 0.05) is 10.9 Å². The van der Waals surface area contributed by atoms with Crippen molar-refractivity contribution in [3.8, 4) is 11.5 Å². The third-order valence-electron chi connectivity index (χ3n) is 2.85. The van der Waals surface area contributed by atoms with Crippen LogP contribution in [0.1, 0.15) is 5.56 Å². The number of hydrogen-bond acceptors (Lipinski definition) is 6. The van der Waals surface area contributed by atoms with Gasteiger partial charge in [0.05, 0.1) is 6.21 Å². The first-order valence-corrected chi connectivity index (χ1v) is 7.61. The smallest absolute Gasteiger partial charge is 0.205 e. The summed E-state index contributed by atoms with van der Waals surface area (Å²) in [5.74, 6) is 1.31. The molecule has 0 saturated carbocycles. The summed E-state index contributed by atoms with van der Waals surface area (Å²) >= 11 is 1.37. The number of nitrogens with one attached hydrogen (secondary N) is 1. The Balaban J connectivity index is 1.73. The molecule has 0 saturated heterocycles. The number of nitrogens with zero attached hydrogens (tertiary/aromatic N) is 2. The monoisotopic (exact) mass is 328 g/mol. The molecule has 23 heavy (non-hydrogen) atoms. The summed E-state index contributed by atoms with van der Waals surface area (Å²) in [7, 11) is 0. The van der Waals surface area contributed by atoms with E-state index in [1.54, 1.807) is 23.7 Å². The molecule has 0 amide bonds. The SMILES string of the molecule is Nc1csc(NN=Cc2ccccc2Oc2ccc(F)cc2)n1. The van der Waals surface area contributed by atoms with Crippen LogP contribution in [0.5, 0.6) is 11.5 Å². The van der Waals surface area contributed by atoms with E-state index in [1.165, 1.54) is 23.5 Å². The third-order valence-corrected chi connectivity index (χ3v) is 3.61. The molecule has 1 heterocycles. The van der Waals surface area contributed by atoms with E-state index in [4.69, 9.17) is 10.5 Å². The normalized spacial score (nSPS) is 10.8. The van der Waals surface area contributed by atoms with Crippen molar-refractivity contribution in [3.63, 3.8) is 0 Å². The predicted molar refractivity (Wildman–Crippen MR) is 90.7 cm³/mol. The van der Waals surface area contributed by atoms with Crippen molar-refractivity contribution in [2.24, 2.45) is 5.10 Å². The second-order valence-corrected chi connectivity index (χ2v) is 5.40. The standard InChI is InChI=1S/C16H13FN4OS/c17-12-5-7-13(8-6-12)22-14-4-2-1-3-11(14)9-19-21-16-20-15(18)10-23-16/h1-10H,18H2,(H,20,21). The lowest BCUT2D eigenvalue weighted by Crippen LogP contribution is -1.94. The van der Waals surface area contributed by atoms with Gasteiger partial charge in [-0.2, -0.15) is 5.10 Å². The molecule has 0 aliphatic rings. The first kappa shape index (κ1) is 15.0. The van der Waals surface area contributed by atoms with Gasteiger partial charge in [0.25, 0.3) is 0 Å². The van der Waals surface area contributed by atoms with E-state index < -0.39 is 0 Å². The zero-order chi connectivity index (χ0) is 16.1. The molecule has 3 rings (SSSR count). The first-order valence-electron chi connectivity index (χ1n) is 6.73. The van der Waals surface area contributed by atoms with Gasteiger partial charge in [0.2, 0.25) is 5.13 Å². The molecule has 0 radical (unpaired) electrons. The van der Waals surface area contributed by atoms with E-state index in [-0.39, 0.29) is 5.82 Å². The van der Waals surface area contributed by atoms with Crippen LogP contribution in [-0.2, 0) is 0 Å². The maximum absolute atomic E-state index is 12.9. The van der Waals surface area contributed by atoms with E-state index in [2.05, 4.69) is 15.5 Å². The number of hydrazone groups is 1. The molecule has 2 aromatic carbocycles. The summed E-state index contributed by atoms with van der Waals surface area (Å²) in [6, 6.07) is 13.2. The Kier molecular flexibility index (Phi) is 4.49. The van der Waals surface area contributed by atoms with Gasteiger partial charge in [-0.05, 0) is 36.4 Å². The Morgan fingerprint density at radius 3 is 2.70 bits per heavy atom. The highest BCUT2D eigenvalue weighted by atomic mass is 32.1. The van der Waals surface area contributed by atoms with E-state index >= 15 is 0 Å². The predicted octanol–water partition coefficient (Wildman–Crippen LogP) is 4.10. The highest BCUT2D eigenvalue weighted by Crippen LogP contribution is 2.24. The number of nitrogen functional groups attached to an aromatic ring is 1. The average Bonchev–Trinajstić information content (AvgIpc) is 2.97. The zero-order valence-corrected chi connectivity index (χ0v) is 12.8. The lowest BCUT2D eigenvalue weighted by Gasteiger charge is -2.08. The molecule has 7 heteroatoms. The first-order chi connectivity index (χ1) is 11.2. The Labute approximate surface area is 136 Å². The minimum Gasteiger partial charge on any atom is -0.457 e. The molecule has 0 atom stereocenters. The summed E-state index contributed by atoms with van der Waals surface area (Å²) in [6.07, 6.45) is 1.62. The van der Waals surface area contributed by atoms with Gasteiger partial charge in [-0.1, -0.05) is 12.1 Å². The van der Waals surface area contributed by atoms with Gasteiger partial charge < -0.3 is 10.5 Å². The third kappa shape index (κ3) is 4.04. The fourth-order valence-electron chi connectivity index (χ4n) is 1.80. The molecule has 1 aromatic heterocycles. The fourth-order valence-corrected chi connectivity index (χ4v) is 2.35. The molecule has 0 aliphatic heterocycles. The van der Waals surface area contributed by atoms with E-state index in [1.807, 2.05) is 24.3 Å². The number of aromatic nitrogens is 1. The molecule has 0 bridgehead atoms. The summed E-state index contributed by atoms with van der Waals surface area (Å²) in [4.78, 5) is 4.04. The Bertz CT molecular complexity index is 817. The van der Waals surface area contributed by atoms with Crippen LogP contribution in [0, 0.1) is 5.82 Å². The van der Waals surface area contributed by atoms with Crippen LogP contribution >= 0.6 is 11.3 Å². The maximum atomic E-state index is 12.9. The molecule has 0 fully saturated rings. The van der Waals surface area contributed by atoms with Crippen molar-refractivity contribution < 1.29 is 9.13 Å². The zero-order valence-electron chi connectivity index (χ0n) is 11.9. The highest BCUT2D eigenvalue weighted by Gasteiger charge is 2.03. The van der Waals surface area contributed by atoms with Crippen molar-refractivity contribution in [2.75, 3.05) is 11.2 Å². The van der Waals surface area contributed by atoms with Gasteiger partial charge >= 0.3 is 0 Å². The molecule has 0 unspecified atom stereocenters. The van der Waals surface area contributed by atoms with Gasteiger partial charge in [0.1, 0.15) is 23.1 Å². The lowest BCUT2D eigenvalue weighted by molar-refractivity contribution is 0.480. The fraction of sp³-hybridized carbons (Fsp3) is 0. The van der Waals surface area contributed by atoms with Gasteiger partial charge in [-0.15, -0.1) is 11.3 Å². The maximum Gasteiger partial charge on any atom is 0.205 e. The number of halogens is 1. The second-order valence-electron chi connectivity index (χ2n) is 4.54. The molecule has 0 spiro atoms. The average molecular weight is 328 g/mol. The molecular formula is C16H13FN4OS. The van der Waals surface area contributed by atoms with Gasteiger partial charge in [0.15, 0.2) is 0 Å². The number of thiazole rings is 1. The Morgan fingerprint density at radius 2 is 1.96 bits per heavy atom. The number of benzene rings is 2. The van der Waals surface area contributed by atoms with E-state index in [0.717, 1.165) is 5.56 Å². The number of hydrogen-bond donors (Lipinski definition) is 2. The minimum atomic E-state index is -0.306. The summed E-state index contributed by atoms with van der Waals surface area (Å²) in [5.41, 5.74) is 9.12. The molecule has 3 N–H and O–H groups in total. The van der Waals surface area contributed by atoms with Crippen molar-refractivity contribution in [1.29, 1.82) is 0 Å². The molecular weight excluding hydrogens is 315 g/mol. The van der Waals surface area contributed by atoms with Crippen molar-refractivity contribution in [2.45, 2.75) is 0 Å². The molecule has 0 aliphatic carbocycles. The van der Waals surface area contributed by atoms with E-state index in [0.29, 0.717) is 22.4 Å². The van der Waals surface area contributed by atoms with Crippen LogP contribution in [0.15, 0.2) is 59.0 Å².